The minimum atomic E-state index is 0.307. The van der Waals surface area contributed by atoms with Crippen molar-refractivity contribution in [2.75, 3.05) is 0 Å². The third-order valence-corrected chi connectivity index (χ3v) is 13.7. The zero-order chi connectivity index (χ0) is 7.11. The smallest absolute Gasteiger partial charge is 0.0770 e. The third kappa shape index (κ3) is 5.49. The highest BCUT2D eigenvalue weighted by Gasteiger charge is 1.97. The van der Waals surface area contributed by atoms with Crippen LogP contribution in [-0.2, 0) is 0 Å². The molecule has 6 heteroatoms. The highest BCUT2D eigenvalue weighted by Crippen LogP contribution is 1.82. The Balaban J connectivity index is 3.18. The molecule has 0 radical (unpaired) electrons. The summed E-state index contributed by atoms with van der Waals surface area (Å²) in [5, 5.41) is 0. The molecule has 9 heavy (non-hydrogen) atoms. The van der Waals surface area contributed by atoms with Crippen molar-refractivity contribution in [1.82, 2.24) is 3.90 Å². The highest BCUT2D eigenvalue weighted by atomic mass is 28.4. The molecule has 0 fully saturated rings. The second-order valence-electron chi connectivity index (χ2n) is 2.43. The van der Waals surface area contributed by atoms with E-state index in [1.807, 2.05) is 0 Å². The van der Waals surface area contributed by atoms with Crippen molar-refractivity contribution in [3.05, 3.63) is 0 Å². The maximum atomic E-state index is 2.97. The Hall–Kier alpha value is 1.04. The van der Waals surface area contributed by atoms with E-state index < -0.39 is 0 Å². The van der Waals surface area contributed by atoms with Gasteiger partial charge in [-0.25, -0.2) is 0 Å². The normalized spacial score (nSPS) is 15.3. The van der Waals surface area contributed by atoms with Gasteiger partial charge in [-0.05, 0) is 0 Å². The van der Waals surface area contributed by atoms with E-state index >= 15 is 0 Å². The van der Waals surface area contributed by atoms with Crippen molar-refractivity contribution in [2.45, 2.75) is 17.9 Å². The molecule has 0 saturated carbocycles. The largest absolute Gasteiger partial charge is 0.383 e. The van der Waals surface area contributed by atoms with E-state index in [1.165, 1.54) is 20.5 Å². The lowest BCUT2D eigenvalue weighted by Crippen LogP contribution is -2.33. The van der Waals surface area contributed by atoms with Gasteiger partial charge in [0.25, 0.3) is 0 Å². The molecule has 0 aromatic carbocycles. The first kappa shape index (κ1) is 10.0. The Bertz CT molecular complexity index is 54.2. The standard InChI is InChI=1S/C3H19NSi5/c1-7-4(8-2-5)9-3-6/h2-3,7-9H2,1,5-6H3. The second kappa shape index (κ2) is 7.15. The molecule has 56 valence electrons. The molecule has 0 aliphatic carbocycles. The van der Waals surface area contributed by atoms with Crippen molar-refractivity contribution in [3.63, 3.8) is 0 Å². The Labute approximate surface area is 71.5 Å². The van der Waals surface area contributed by atoms with Gasteiger partial charge < -0.3 is 3.90 Å². The average molecular weight is 210 g/mol. The van der Waals surface area contributed by atoms with Crippen LogP contribution in [0.15, 0.2) is 0 Å². The van der Waals surface area contributed by atoms with Gasteiger partial charge in [-0.3, -0.25) is 0 Å². The van der Waals surface area contributed by atoms with Crippen LogP contribution < -0.4 is 0 Å². The molecule has 0 bridgehead atoms. The van der Waals surface area contributed by atoms with Crippen LogP contribution in [0.2, 0.25) is 17.9 Å². The summed E-state index contributed by atoms with van der Waals surface area (Å²) in [6.07, 6.45) is 0. The van der Waals surface area contributed by atoms with Gasteiger partial charge in [0, 0.05) is 20.5 Å². The zero-order valence-electron chi connectivity index (χ0n) is 6.98. The summed E-state index contributed by atoms with van der Waals surface area (Å²) < 4.78 is 2.97. The maximum absolute atomic E-state index is 2.97. The SMILES string of the molecule is C[SiH2]N([SiH2]C[SiH3])[SiH2]C[SiH3]. The van der Waals surface area contributed by atoms with Crippen molar-refractivity contribution >= 4 is 49.5 Å². The molecule has 0 atom stereocenters. The van der Waals surface area contributed by atoms with Crippen molar-refractivity contribution in [1.29, 1.82) is 0 Å². The van der Waals surface area contributed by atoms with Crippen LogP contribution in [0.1, 0.15) is 0 Å². The fourth-order valence-electron chi connectivity index (χ4n) is 1.06. The predicted octanol–water partition coefficient (Wildman–Crippen LogP) is -3.93. The second-order valence-corrected chi connectivity index (χ2v) is 17.3. The highest BCUT2D eigenvalue weighted by molar-refractivity contribution is 6.69. The average Bonchev–Trinajstić information content (AvgIpc) is 1.88. The van der Waals surface area contributed by atoms with E-state index in [2.05, 4.69) is 10.4 Å². The molecule has 0 spiro atoms. The van der Waals surface area contributed by atoms with E-state index in [-0.39, 0.29) is 0 Å². The number of hydrogen-bond donors (Lipinski definition) is 0. The molecule has 0 amide bonds. The maximum Gasteiger partial charge on any atom is 0.0770 e. The lowest BCUT2D eigenvalue weighted by atomic mass is 11.9. The van der Waals surface area contributed by atoms with E-state index in [0.29, 0.717) is 29.0 Å². The molecule has 0 heterocycles. The van der Waals surface area contributed by atoms with Crippen molar-refractivity contribution in [2.24, 2.45) is 0 Å². The molecule has 0 N–H and O–H groups in total. The molecular weight excluding hydrogens is 190 g/mol. The fourth-order valence-corrected chi connectivity index (χ4v) is 20.9. The van der Waals surface area contributed by atoms with Gasteiger partial charge in [0.2, 0.25) is 0 Å². The van der Waals surface area contributed by atoms with Crippen LogP contribution in [-0.4, -0.2) is 53.4 Å². The number of rotatable bonds is 5. The Morgan fingerprint density at radius 2 is 1.67 bits per heavy atom. The van der Waals surface area contributed by atoms with Crippen LogP contribution in [0.5, 0.6) is 0 Å². The molecule has 0 rings (SSSR count). The summed E-state index contributed by atoms with van der Waals surface area (Å²) in [4.78, 5) is 0. The van der Waals surface area contributed by atoms with Gasteiger partial charge in [-0.1, -0.05) is 17.9 Å². The monoisotopic (exact) mass is 209 g/mol. The van der Waals surface area contributed by atoms with Gasteiger partial charge in [0.15, 0.2) is 0 Å². The first-order valence-electron chi connectivity index (χ1n) is 4.07. The zero-order valence-corrected chi connectivity index (χ0v) is 15.2. The Morgan fingerprint density at radius 3 is 1.89 bits per heavy atom. The van der Waals surface area contributed by atoms with Crippen LogP contribution >= 0.6 is 0 Å². The molecular formula is C3H19NSi5. The van der Waals surface area contributed by atoms with Gasteiger partial charge in [-0.15, -0.1) is 0 Å². The van der Waals surface area contributed by atoms with Gasteiger partial charge >= 0.3 is 0 Å². The fraction of sp³-hybridized carbons (Fsp3) is 1.00. The van der Waals surface area contributed by atoms with Gasteiger partial charge in [0.1, 0.15) is 0 Å². The lowest BCUT2D eigenvalue weighted by Gasteiger charge is -2.17. The summed E-state index contributed by atoms with van der Waals surface area (Å²) in [5.41, 5.74) is 3.30. The van der Waals surface area contributed by atoms with Gasteiger partial charge in [0.05, 0.1) is 29.0 Å². The Morgan fingerprint density at radius 1 is 1.22 bits per heavy atom. The molecule has 0 aliphatic heterocycles. The number of hydrogen-bond acceptors (Lipinski definition) is 1. The van der Waals surface area contributed by atoms with Crippen LogP contribution in [0.4, 0.5) is 0 Å². The van der Waals surface area contributed by atoms with E-state index in [1.54, 1.807) is 11.3 Å². The van der Waals surface area contributed by atoms with Crippen LogP contribution in [0.3, 0.4) is 0 Å². The quantitative estimate of drug-likeness (QED) is 0.418. The number of nitrogens with zero attached hydrogens (tertiary/aromatic N) is 1. The van der Waals surface area contributed by atoms with E-state index in [0.717, 1.165) is 0 Å². The molecule has 0 aliphatic rings. The van der Waals surface area contributed by atoms with Crippen molar-refractivity contribution < 1.29 is 0 Å². The molecule has 0 unspecified atom stereocenters. The van der Waals surface area contributed by atoms with Gasteiger partial charge in [-0.2, -0.15) is 0 Å². The predicted molar refractivity (Wildman–Crippen MR) is 62.8 cm³/mol. The summed E-state index contributed by atoms with van der Waals surface area (Å²) in [6.45, 7) is 2.47. The summed E-state index contributed by atoms with van der Waals surface area (Å²) >= 11 is 0. The van der Waals surface area contributed by atoms with Crippen LogP contribution in [0, 0.1) is 0 Å². The third-order valence-electron chi connectivity index (χ3n) is 1.53. The molecule has 0 aromatic rings. The van der Waals surface area contributed by atoms with Crippen molar-refractivity contribution in [3.8, 4) is 0 Å². The molecule has 0 aromatic heterocycles. The Kier molecular flexibility index (Phi) is 7.99. The summed E-state index contributed by atoms with van der Waals surface area (Å²) in [7, 11) is 3.99. The minimum absolute atomic E-state index is 0.307. The molecule has 1 nitrogen and oxygen atoms in total. The summed E-state index contributed by atoms with van der Waals surface area (Å²) in [6, 6.07) is 0. The van der Waals surface area contributed by atoms with Crippen LogP contribution in [0.25, 0.3) is 0 Å². The lowest BCUT2D eigenvalue weighted by molar-refractivity contribution is 1.09. The summed E-state index contributed by atoms with van der Waals surface area (Å²) in [5.74, 6) is 0. The first-order chi connectivity index (χ1) is 4.35. The first-order valence-corrected chi connectivity index (χ1v) is 12.2. The van der Waals surface area contributed by atoms with E-state index in [4.69, 9.17) is 0 Å². The molecule has 0 saturated heterocycles. The topological polar surface area (TPSA) is 3.24 Å². The minimum Gasteiger partial charge on any atom is -0.383 e. The van der Waals surface area contributed by atoms with E-state index in [9.17, 15) is 0 Å².